The molecule has 1 aromatic carbocycles. The fourth-order valence-electron chi connectivity index (χ4n) is 6.16. The van der Waals surface area contributed by atoms with Gasteiger partial charge in [-0.3, -0.25) is 0 Å². The Labute approximate surface area is 174 Å². The topological polar surface area (TPSA) is 73.5 Å². The molecule has 4 heteroatoms. The van der Waals surface area contributed by atoms with Gasteiger partial charge in [0.05, 0.1) is 12.2 Å². The molecule has 2 saturated carbocycles. The maximum absolute atomic E-state index is 11.1. The van der Waals surface area contributed by atoms with Crippen molar-refractivity contribution in [2.24, 2.45) is 5.92 Å². The van der Waals surface area contributed by atoms with Gasteiger partial charge in [-0.1, -0.05) is 19.3 Å². The SMILES string of the molecule is CC1(C)Oc2cc(C3(CCCCCC#N)CCC3)cc(O)c2[C@@H]2C[C@H](O)CC[C@H]21. The van der Waals surface area contributed by atoms with Gasteiger partial charge in [0.1, 0.15) is 17.1 Å². The van der Waals surface area contributed by atoms with Crippen LogP contribution in [0.5, 0.6) is 11.5 Å². The van der Waals surface area contributed by atoms with E-state index in [1.54, 1.807) is 0 Å². The number of benzene rings is 1. The maximum atomic E-state index is 11.1. The number of unbranched alkanes of at least 4 members (excludes halogenated alkanes) is 3. The number of ether oxygens (including phenoxy) is 1. The second-order valence-corrected chi connectivity index (χ2v) is 10.1. The molecule has 0 amide bonds. The third-order valence-electron chi connectivity index (χ3n) is 7.95. The predicted molar refractivity (Wildman–Crippen MR) is 113 cm³/mol. The van der Waals surface area contributed by atoms with E-state index in [4.69, 9.17) is 10.00 Å². The number of aliphatic hydroxyl groups excluding tert-OH is 1. The lowest BCUT2D eigenvalue weighted by atomic mass is 9.61. The molecule has 0 bridgehead atoms. The Morgan fingerprint density at radius 2 is 1.97 bits per heavy atom. The number of rotatable bonds is 6. The minimum Gasteiger partial charge on any atom is -0.508 e. The minimum atomic E-state index is -0.288. The number of nitriles is 1. The maximum Gasteiger partial charge on any atom is 0.127 e. The molecule has 158 valence electrons. The van der Waals surface area contributed by atoms with Crippen molar-refractivity contribution in [3.8, 4) is 17.6 Å². The zero-order valence-electron chi connectivity index (χ0n) is 17.9. The van der Waals surface area contributed by atoms with E-state index in [0.717, 1.165) is 62.7 Å². The Hall–Kier alpha value is -1.73. The Balaban J connectivity index is 1.61. The molecule has 1 heterocycles. The van der Waals surface area contributed by atoms with Gasteiger partial charge in [0.2, 0.25) is 0 Å². The van der Waals surface area contributed by atoms with Crippen molar-refractivity contribution in [3.63, 3.8) is 0 Å². The molecule has 29 heavy (non-hydrogen) atoms. The van der Waals surface area contributed by atoms with Gasteiger partial charge < -0.3 is 14.9 Å². The van der Waals surface area contributed by atoms with Crippen LogP contribution in [0.1, 0.15) is 102 Å². The van der Waals surface area contributed by atoms with Crippen LogP contribution >= 0.6 is 0 Å². The van der Waals surface area contributed by atoms with E-state index >= 15 is 0 Å². The molecule has 4 rings (SSSR count). The van der Waals surface area contributed by atoms with E-state index in [1.807, 2.05) is 6.07 Å². The van der Waals surface area contributed by atoms with Crippen molar-refractivity contribution in [3.05, 3.63) is 23.3 Å². The highest BCUT2D eigenvalue weighted by Gasteiger charge is 2.48. The molecule has 0 saturated heterocycles. The van der Waals surface area contributed by atoms with Crippen molar-refractivity contribution >= 4 is 0 Å². The first-order valence-electron chi connectivity index (χ1n) is 11.5. The summed E-state index contributed by atoms with van der Waals surface area (Å²) in [4.78, 5) is 0. The van der Waals surface area contributed by atoms with Gasteiger partial charge in [-0.15, -0.1) is 0 Å². The van der Waals surface area contributed by atoms with Crippen LogP contribution in [-0.4, -0.2) is 21.9 Å². The normalized spacial score (nSPS) is 29.0. The lowest BCUT2D eigenvalue weighted by molar-refractivity contribution is -0.0318. The average molecular weight is 398 g/mol. The molecule has 1 aliphatic heterocycles. The first kappa shape index (κ1) is 20.5. The summed E-state index contributed by atoms with van der Waals surface area (Å²) >= 11 is 0. The molecule has 0 spiro atoms. The lowest BCUT2D eigenvalue weighted by Gasteiger charge is -2.49. The minimum absolute atomic E-state index is 0.148. The number of hydrogen-bond donors (Lipinski definition) is 2. The van der Waals surface area contributed by atoms with Crippen molar-refractivity contribution in [2.45, 2.75) is 108 Å². The quantitative estimate of drug-likeness (QED) is 0.604. The van der Waals surface area contributed by atoms with Gasteiger partial charge in [-0.05, 0) is 81.9 Å². The monoisotopic (exact) mass is 397 g/mol. The smallest absolute Gasteiger partial charge is 0.127 e. The second-order valence-electron chi connectivity index (χ2n) is 10.1. The van der Waals surface area contributed by atoms with E-state index in [9.17, 15) is 10.2 Å². The van der Waals surface area contributed by atoms with E-state index in [2.05, 4.69) is 26.0 Å². The van der Waals surface area contributed by atoms with Gasteiger partial charge in [-0.25, -0.2) is 0 Å². The highest BCUT2D eigenvalue weighted by Crippen LogP contribution is 2.57. The van der Waals surface area contributed by atoms with Crippen LogP contribution in [0.15, 0.2) is 12.1 Å². The molecule has 1 aromatic rings. The van der Waals surface area contributed by atoms with Crippen LogP contribution in [0.25, 0.3) is 0 Å². The Kier molecular flexibility index (Phi) is 5.55. The largest absolute Gasteiger partial charge is 0.508 e. The third kappa shape index (κ3) is 3.75. The number of phenols is 1. The van der Waals surface area contributed by atoms with E-state index in [1.165, 1.54) is 12.0 Å². The summed E-state index contributed by atoms with van der Waals surface area (Å²) in [7, 11) is 0. The van der Waals surface area contributed by atoms with Crippen LogP contribution in [0.4, 0.5) is 0 Å². The molecule has 3 atom stereocenters. The number of phenolic OH excluding ortho intramolecular Hbond substituents is 1. The van der Waals surface area contributed by atoms with Crippen LogP contribution in [0.3, 0.4) is 0 Å². The van der Waals surface area contributed by atoms with Crippen LogP contribution < -0.4 is 4.74 Å². The standard InChI is InChI=1S/C25H35NO3/c1-24(2)20-9-8-18(27)16-19(20)23-21(28)14-17(15-22(23)29-24)25(11-7-12-25)10-5-3-4-6-13-26/h14-15,18-20,27-28H,3-12,16H2,1-2H3/t18-,19-,20-/m1/s1. The van der Waals surface area contributed by atoms with E-state index in [0.29, 0.717) is 24.5 Å². The summed E-state index contributed by atoms with van der Waals surface area (Å²) in [6, 6.07) is 6.42. The highest BCUT2D eigenvalue weighted by molar-refractivity contribution is 5.54. The van der Waals surface area contributed by atoms with Crippen molar-refractivity contribution in [2.75, 3.05) is 0 Å². The number of hydrogen-bond acceptors (Lipinski definition) is 4. The lowest BCUT2D eigenvalue weighted by Crippen LogP contribution is -2.47. The number of aliphatic hydroxyl groups is 1. The molecule has 3 aliphatic rings. The summed E-state index contributed by atoms with van der Waals surface area (Å²) < 4.78 is 6.49. The van der Waals surface area contributed by atoms with Gasteiger partial charge in [0, 0.05) is 23.8 Å². The Bertz CT molecular complexity index is 790. The predicted octanol–water partition coefficient (Wildman–Crippen LogP) is 5.70. The first-order chi connectivity index (χ1) is 13.9. The number of nitrogens with zero attached hydrogens (tertiary/aromatic N) is 1. The van der Waals surface area contributed by atoms with Crippen LogP contribution in [0.2, 0.25) is 0 Å². The zero-order chi connectivity index (χ0) is 20.6. The summed E-state index contributed by atoms with van der Waals surface area (Å²) in [6.45, 7) is 4.31. The van der Waals surface area contributed by atoms with Crippen LogP contribution in [-0.2, 0) is 5.41 Å². The Morgan fingerprint density at radius 1 is 1.17 bits per heavy atom. The average Bonchev–Trinajstić information content (AvgIpc) is 2.62. The molecular weight excluding hydrogens is 362 g/mol. The fourth-order valence-corrected chi connectivity index (χ4v) is 6.16. The highest BCUT2D eigenvalue weighted by atomic mass is 16.5. The number of fused-ring (bicyclic) bond motifs is 3. The van der Waals surface area contributed by atoms with Gasteiger partial charge in [0.25, 0.3) is 0 Å². The van der Waals surface area contributed by atoms with E-state index in [-0.39, 0.29) is 23.0 Å². The summed E-state index contributed by atoms with van der Waals surface area (Å²) in [5.74, 6) is 1.67. The van der Waals surface area contributed by atoms with Crippen molar-refractivity contribution < 1.29 is 14.9 Å². The van der Waals surface area contributed by atoms with Crippen molar-refractivity contribution in [1.29, 1.82) is 5.26 Å². The van der Waals surface area contributed by atoms with Crippen molar-refractivity contribution in [1.82, 2.24) is 0 Å². The summed E-state index contributed by atoms with van der Waals surface area (Å²) in [5.41, 5.74) is 1.99. The molecule has 0 radical (unpaired) electrons. The van der Waals surface area contributed by atoms with Crippen LogP contribution in [0, 0.1) is 17.2 Å². The van der Waals surface area contributed by atoms with Gasteiger partial charge in [-0.2, -0.15) is 5.26 Å². The molecular formula is C25H35NO3. The van der Waals surface area contributed by atoms with E-state index < -0.39 is 0 Å². The molecule has 4 nitrogen and oxygen atoms in total. The Morgan fingerprint density at radius 3 is 2.66 bits per heavy atom. The molecule has 0 unspecified atom stereocenters. The molecule has 2 aliphatic carbocycles. The zero-order valence-corrected chi connectivity index (χ0v) is 17.9. The third-order valence-corrected chi connectivity index (χ3v) is 7.95. The summed E-state index contributed by atoms with van der Waals surface area (Å²) in [5, 5.41) is 30.1. The number of aromatic hydroxyl groups is 1. The molecule has 0 aromatic heterocycles. The fraction of sp³-hybridized carbons (Fsp3) is 0.720. The first-order valence-corrected chi connectivity index (χ1v) is 11.5. The molecule has 2 N–H and O–H groups in total. The van der Waals surface area contributed by atoms with Gasteiger partial charge in [0.15, 0.2) is 0 Å². The van der Waals surface area contributed by atoms with Gasteiger partial charge >= 0.3 is 0 Å². The molecule has 2 fully saturated rings. The second kappa shape index (κ2) is 7.84. The summed E-state index contributed by atoms with van der Waals surface area (Å²) in [6.07, 6.45) is 10.7.